The number of aromatic nitrogens is 2. The Morgan fingerprint density at radius 1 is 1.77 bits per heavy atom. The second-order valence-corrected chi connectivity index (χ2v) is 3.73. The summed E-state index contributed by atoms with van der Waals surface area (Å²) >= 11 is 3.09. The second kappa shape index (κ2) is 4.53. The van der Waals surface area contributed by atoms with Crippen LogP contribution in [0.3, 0.4) is 0 Å². The normalized spacial score (nSPS) is 12.8. The molecule has 1 N–H and O–H groups in total. The van der Waals surface area contributed by atoms with Gasteiger partial charge in [-0.3, -0.25) is 9.36 Å². The maximum Gasteiger partial charge on any atom is 0.267 e. The first-order chi connectivity index (χ1) is 6.11. The van der Waals surface area contributed by atoms with E-state index in [2.05, 4.69) is 20.9 Å². The quantitative estimate of drug-likeness (QED) is 0.858. The van der Waals surface area contributed by atoms with Gasteiger partial charge < -0.3 is 5.11 Å². The average Bonchev–Trinajstić information content (AvgIpc) is 2.07. The molecule has 1 rings (SSSR count). The van der Waals surface area contributed by atoms with E-state index in [-0.39, 0.29) is 5.56 Å². The van der Waals surface area contributed by atoms with E-state index in [9.17, 15) is 4.79 Å². The van der Waals surface area contributed by atoms with E-state index in [0.717, 1.165) is 0 Å². The van der Waals surface area contributed by atoms with Crippen LogP contribution in [0.15, 0.2) is 21.8 Å². The third kappa shape index (κ3) is 2.93. The van der Waals surface area contributed by atoms with Crippen LogP contribution in [-0.2, 0) is 6.54 Å². The number of aliphatic hydroxyl groups is 1. The molecule has 0 aliphatic rings. The maximum atomic E-state index is 11.4. The van der Waals surface area contributed by atoms with Crippen LogP contribution in [0.25, 0.3) is 0 Å². The Morgan fingerprint density at radius 2 is 2.46 bits per heavy atom. The zero-order chi connectivity index (χ0) is 9.84. The summed E-state index contributed by atoms with van der Waals surface area (Å²) in [6.07, 6.45) is 3.08. The van der Waals surface area contributed by atoms with Crippen LogP contribution in [0.4, 0.5) is 0 Å². The summed E-state index contributed by atoms with van der Waals surface area (Å²) in [4.78, 5) is 15.2. The molecule has 1 aromatic rings. The van der Waals surface area contributed by atoms with Crippen LogP contribution < -0.4 is 5.56 Å². The largest absolute Gasteiger partial charge is 0.393 e. The van der Waals surface area contributed by atoms with Crippen LogP contribution in [0, 0.1) is 0 Å². The number of aryl methyl sites for hydroxylation is 1. The Bertz CT molecular complexity index is 335. The smallest absolute Gasteiger partial charge is 0.267 e. The predicted octanol–water partition coefficient (Wildman–Crippen LogP) is 0.777. The summed E-state index contributed by atoms with van der Waals surface area (Å²) in [5.74, 6) is 0. The van der Waals surface area contributed by atoms with Gasteiger partial charge >= 0.3 is 0 Å². The van der Waals surface area contributed by atoms with Gasteiger partial charge in [-0.25, -0.2) is 4.98 Å². The highest BCUT2D eigenvalue weighted by Crippen LogP contribution is 1.99. The van der Waals surface area contributed by atoms with E-state index >= 15 is 0 Å². The first kappa shape index (κ1) is 10.4. The molecule has 0 spiro atoms. The minimum Gasteiger partial charge on any atom is -0.393 e. The summed E-state index contributed by atoms with van der Waals surface area (Å²) in [6.45, 7) is 2.18. The van der Waals surface area contributed by atoms with Crippen molar-refractivity contribution in [2.24, 2.45) is 0 Å². The highest BCUT2D eigenvalue weighted by molar-refractivity contribution is 9.10. The van der Waals surface area contributed by atoms with Gasteiger partial charge in [0.05, 0.1) is 12.4 Å². The van der Waals surface area contributed by atoms with Gasteiger partial charge in [0.2, 0.25) is 0 Å². The third-order valence-corrected chi connectivity index (χ3v) is 2.19. The molecule has 0 aliphatic heterocycles. The van der Waals surface area contributed by atoms with Gasteiger partial charge in [0.25, 0.3) is 5.56 Å². The number of halogens is 1. The van der Waals surface area contributed by atoms with Crippen molar-refractivity contribution in [3.05, 3.63) is 27.4 Å². The van der Waals surface area contributed by atoms with Gasteiger partial charge in [-0.05, 0) is 29.3 Å². The van der Waals surface area contributed by atoms with E-state index in [4.69, 9.17) is 5.11 Å². The molecule has 5 heteroatoms. The van der Waals surface area contributed by atoms with Crippen LogP contribution in [-0.4, -0.2) is 20.8 Å². The average molecular weight is 247 g/mol. The van der Waals surface area contributed by atoms with Gasteiger partial charge in [0.1, 0.15) is 4.47 Å². The number of hydrogen-bond donors (Lipinski definition) is 1. The van der Waals surface area contributed by atoms with Crippen LogP contribution in [0.5, 0.6) is 0 Å². The zero-order valence-corrected chi connectivity index (χ0v) is 8.86. The monoisotopic (exact) mass is 246 g/mol. The van der Waals surface area contributed by atoms with Crippen LogP contribution in [0.1, 0.15) is 13.3 Å². The molecular formula is C8H11BrN2O2. The molecule has 1 heterocycles. The first-order valence-corrected chi connectivity index (χ1v) is 4.78. The number of rotatable bonds is 3. The van der Waals surface area contributed by atoms with E-state index in [1.54, 1.807) is 6.92 Å². The van der Waals surface area contributed by atoms with E-state index < -0.39 is 6.10 Å². The Labute approximate surface area is 84.4 Å². The molecule has 13 heavy (non-hydrogen) atoms. The summed E-state index contributed by atoms with van der Waals surface area (Å²) in [5, 5.41) is 9.03. The molecule has 72 valence electrons. The fourth-order valence-corrected chi connectivity index (χ4v) is 1.26. The number of hydrogen-bond acceptors (Lipinski definition) is 3. The molecule has 0 fully saturated rings. The molecule has 0 bridgehead atoms. The molecular weight excluding hydrogens is 236 g/mol. The molecule has 0 saturated heterocycles. The molecule has 0 amide bonds. The van der Waals surface area contributed by atoms with Crippen molar-refractivity contribution in [2.45, 2.75) is 26.0 Å². The van der Waals surface area contributed by atoms with E-state index in [1.165, 1.54) is 17.1 Å². The Balaban J connectivity index is 2.78. The lowest BCUT2D eigenvalue weighted by Crippen LogP contribution is -2.22. The summed E-state index contributed by atoms with van der Waals surface area (Å²) in [7, 11) is 0. The van der Waals surface area contributed by atoms with Crippen molar-refractivity contribution in [1.29, 1.82) is 0 Å². The van der Waals surface area contributed by atoms with Crippen molar-refractivity contribution in [3.8, 4) is 0 Å². The third-order valence-electron chi connectivity index (χ3n) is 1.65. The van der Waals surface area contributed by atoms with Crippen molar-refractivity contribution in [1.82, 2.24) is 9.55 Å². The van der Waals surface area contributed by atoms with E-state index in [0.29, 0.717) is 17.4 Å². The molecule has 1 unspecified atom stereocenters. The highest BCUT2D eigenvalue weighted by Gasteiger charge is 2.01. The summed E-state index contributed by atoms with van der Waals surface area (Å²) in [5.41, 5.74) is -0.115. The highest BCUT2D eigenvalue weighted by atomic mass is 79.9. The summed E-state index contributed by atoms with van der Waals surface area (Å²) < 4.78 is 1.91. The van der Waals surface area contributed by atoms with Gasteiger partial charge in [-0.2, -0.15) is 0 Å². The number of aliphatic hydroxyl groups excluding tert-OH is 1. The van der Waals surface area contributed by atoms with Crippen molar-refractivity contribution in [2.75, 3.05) is 0 Å². The van der Waals surface area contributed by atoms with Crippen molar-refractivity contribution in [3.63, 3.8) is 0 Å². The molecule has 1 atom stereocenters. The van der Waals surface area contributed by atoms with Gasteiger partial charge in [-0.1, -0.05) is 0 Å². The van der Waals surface area contributed by atoms with Crippen molar-refractivity contribution >= 4 is 15.9 Å². The zero-order valence-electron chi connectivity index (χ0n) is 7.27. The molecule has 0 aliphatic carbocycles. The maximum absolute atomic E-state index is 11.4. The van der Waals surface area contributed by atoms with Gasteiger partial charge in [-0.15, -0.1) is 0 Å². The first-order valence-electron chi connectivity index (χ1n) is 3.99. The van der Waals surface area contributed by atoms with Gasteiger partial charge in [0.15, 0.2) is 0 Å². The molecule has 0 radical (unpaired) electrons. The Hall–Kier alpha value is -0.680. The lowest BCUT2D eigenvalue weighted by atomic mass is 10.3. The molecule has 0 aromatic carbocycles. The van der Waals surface area contributed by atoms with Gasteiger partial charge in [0, 0.05) is 12.7 Å². The van der Waals surface area contributed by atoms with Crippen LogP contribution >= 0.6 is 15.9 Å². The van der Waals surface area contributed by atoms with E-state index in [1.807, 2.05) is 0 Å². The van der Waals surface area contributed by atoms with Crippen molar-refractivity contribution < 1.29 is 5.11 Å². The minimum absolute atomic E-state index is 0.115. The predicted molar refractivity (Wildman–Crippen MR) is 52.5 cm³/mol. The Kier molecular flexibility index (Phi) is 3.62. The number of nitrogens with zero attached hydrogens (tertiary/aromatic N) is 2. The van der Waals surface area contributed by atoms with Crippen LogP contribution in [0.2, 0.25) is 0 Å². The molecule has 1 aromatic heterocycles. The SMILES string of the molecule is CC(O)CCn1cncc(Br)c1=O. The fraction of sp³-hybridized carbons (Fsp3) is 0.500. The lowest BCUT2D eigenvalue weighted by molar-refractivity contribution is 0.177. The topological polar surface area (TPSA) is 55.1 Å². The summed E-state index contributed by atoms with van der Waals surface area (Å²) in [6, 6.07) is 0. The Morgan fingerprint density at radius 3 is 3.08 bits per heavy atom. The minimum atomic E-state index is -0.397. The molecule has 0 saturated carbocycles. The molecule has 4 nitrogen and oxygen atoms in total. The standard InChI is InChI=1S/C8H11BrN2O2/c1-6(12)2-3-11-5-10-4-7(9)8(11)13/h4-6,12H,2-3H2,1H3. The fourth-order valence-electron chi connectivity index (χ4n) is 0.909. The lowest BCUT2D eigenvalue weighted by Gasteiger charge is -2.06. The second-order valence-electron chi connectivity index (χ2n) is 2.88.